The Labute approximate surface area is 231 Å². The summed E-state index contributed by atoms with van der Waals surface area (Å²) in [5, 5.41) is 12.2. The molecule has 21 heteroatoms. The number of aryl methyl sites for hydroxylation is 1. The molecule has 0 radical (unpaired) electrons. The molecule has 1 aliphatic heterocycles. The van der Waals surface area contributed by atoms with Gasteiger partial charge in [0.05, 0.1) is 5.69 Å². The first kappa shape index (κ1) is 32.3. The van der Waals surface area contributed by atoms with Crippen molar-refractivity contribution in [3.63, 3.8) is 0 Å². The van der Waals surface area contributed by atoms with Crippen molar-refractivity contribution in [2.24, 2.45) is 10.2 Å². The van der Waals surface area contributed by atoms with E-state index in [1.54, 1.807) is 9.62 Å². The summed E-state index contributed by atoms with van der Waals surface area (Å²) in [5.41, 5.74) is 0.208. The first-order chi connectivity index (χ1) is 19.0. The molecule has 41 heavy (non-hydrogen) atoms. The Morgan fingerprint density at radius 1 is 1.20 bits per heavy atom. The fourth-order valence-electron chi connectivity index (χ4n) is 3.70. The number of esters is 1. The van der Waals surface area contributed by atoms with Gasteiger partial charge in [-0.1, -0.05) is 18.3 Å². The number of fused-ring (bicyclic) bond motifs is 1. The summed E-state index contributed by atoms with van der Waals surface area (Å²) in [6.45, 7) is 1.81. The fraction of sp³-hybridized carbons (Fsp3) is 0.550. The number of carbonyl (C=O) groups excluding carboxylic acids is 1. The molecule has 0 saturated heterocycles. The molecule has 12 nitrogen and oxygen atoms in total. The second kappa shape index (κ2) is 12.4. The number of benzene rings is 1. The highest BCUT2D eigenvalue weighted by atomic mass is 32.2. The van der Waals surface area contributed by atoms with Crippen molar-refractivity contribution < 1.29 is 58.2 Å². The van der Waals surface area contributed by atoms with Crippen LogP contribution in [0, 0.1) is 0 Å². The Kier molecular flexibility index (Phi) is 9.76. The Morgan fingerprint density at radius 2 is 1.88 bits per heavy atom. The van der Waals surface area contributed by atoms with Gasteiger partial charge >= 0.3 is 24.0 Å². The first-order valence-corrected chi connectivity index (χ1v) is 13.6. The van der Waals surface area contributed by atoms with Crippen LogP contribution in [0.5, 0.6) is 0 Å². The molecule has 0 aliphatic carbocycles. The molecule has 1 aromatic heterocycles. The number of rotatable bonds is 11. The Balaban J connectivity index is 2.01. The maximum Gasteiger partial charge on any atom is 0.501 e. The average Bonchev–Trinajstić information content (AvgIpc) is 3.36. The van der Waals surface area contributed by atoms with E-state index in [4.69, 9.17) is 9.47 Å². The van der Waals surface area contributed by atoms with E-state index < -0.39 is 62.3 Å². The molecule has 2 aromatic rings. The molecule has 0 bridgehead atoms. The average molecular weight is 639 g/mol. The lowest BCUT2D eigenvalue weighted by Crippen LogP contribution is -2.48. The van der Waals surface area contributed by atoms with E-state index in [0.717, 1.165) is 0 Å². The van der Waals surface area contributed by atoms with Gasteiger partial charge in [-0.05, 0) is 37.0 Å². The summed E-state index contributed by atoms with van der Waals surface area (Å²) >= 11 is 0.120. The van der Waals surface area contributed by atoms with Crippen molar-refractivity contribution in [2.75, 3.05) is 23.8 Å². The Morgan fingerprint density at radius 3 is 2.44 bits per heavy atom. The van der Waals surface area contributed by atoms with Gasteiger partial charge in [0.15, 0.2) is 0 Å². The zero-order valence-corrected chi connectivity index (χ0v) is 22.8. The molecule has 0 saturated carbocycles. The number of hydrogen-bond acceptors (Lipinski definition) is 12. The minimum Gasteiger partial charge on any atom is -0.388 e. The highest BCUT2D eigenvalue weighted by molar-refractivity contribution is 7.93. The summed E-state index contributed by atoms with van der Waals surface area (Å²) in [7, 11) is -2.32. The standard InChI is InChI=1S/C20H21F7N6O6S2/c1-4-13(37-2)33-12-8-11(32-41(35,36)17(21)22)10(7-9(12)5-6-14(33)38-3)28-30-18-31-29-15(40-18)16(34)39-20(26,27)19(23,24)25/h7-8,13-14,17,32H,4-6H2,1-3H3. The second-order valence-corrected chi connectivity index (χ2v) is 10.7. The molecule has 0 spiro atoms. The summed E-state index contributed by atoms with van der Waals surface area (Å²) < 4.78 is 129. The van der Waals surface area contributed by atoms with E-state index >= 15 is 0 Å². The number of ether oxygens (including phenoxy) is 3. The number of alkyl halides is 7. The zero-order chi connectivity index (χ0) is 30.8. The van der Waals surface area contributed by atoms with Gasteiger partial charge in [-0.25, -0.2) is 13.2 Å². The van der Waals surface area contributed by atoms with E-state index in [1.807, 2.05) is 6.92 Å². The number of nitrogens with one attached hydrogen (secondary N) is 1. The smallest absolute Gasteiger partial charge is 0.388 e. The highest BCUT2D eigenvalue weighted by Crippen LogP contribution is 2.42. The lowest BCUT2D eigenvalue weighted by atomic mass is 9.98. The topological polar surface area (TPSA) is 145 Å². The first-order valence-electron chi connectivity index (χ1n) is 11.3. The van der Waals surface area contributed by atoms with Gasteiger partial charge < -0.3 is 19.1 Å². The maximum atomic E-state index is 13.2. The van der Waals surface area contributed by atoms with Crippen LogP contribution in [0.25, 0.3) is 0 Å². The number of azo groups is 1. The van der Waals surface area contributed by atoms with E-state index in [2.05, 4.69) is 25.2 Å². The van der Waals surface area contributed by atoms with Gasteiger partial charge in [0.25, 0.3) is 15.2 Å². The molecule has 2 unspecified atom stereocenters. The summed E-state index contributed by atoms with van der Waals surface area (Å²) in [4.78, 5) is 13.4. The predicted octanol–water partition coefficient (Wildman–Crippen LogP) is 5.34. The van der Waals surface area contributed by atoms with Gasteiger partial charge in [0.2, 0.25) is 5.01 Å². The number of halogens is 7. The third kappa shape index (κ3) is 7.19. The molecule has 0 fully saturated rings. The predicted molar refractivity (Wildman–Crippen MR) is 128 cm³/mol. The number of carbonyl (C=O) groups is 1. The van der Waals surface area contributed by atoms with Crippen molar-refractivity contribution in [2.45, 2.75) is 56.7 Å². The fourth-order valence-corrected chi connectivity index (χ4v) is 4.80. The number of aromatic nitrogens is 2. The number of methoxy groups -OCH3 is 2. The minimum absolute atomic E-state index is 0.120. The normalized spacial score (nSPS) is 17.1. The quantitative estimate of drug-likeness (QED) is 0.196. The maximum absolute atomic E-state index is 13.2. The van der Waals surface area contributed by atoms with E-state index in [-0.39, 0.29) is 17.0 Å². The molecular formula is C20H21F7N6O6S2. The molecule has 3 rings (SSSR count). The largest absolute Gasteiger partial charge is 0.501 e. The lowest BCUT2D eigenvalue weighted by molar-refractivity contribution is -0.370. The third-order valence-corrected chi connectivity index (χ3v) is 7.28. The van der Waals surface area contributed by atoms with Crippen molar-refractivity contribution in [1.29, 1.82) is 0 Å². The van der Waals surface area contributed by atoms with Crippen LogP contribution in [0.1, 0.15) is 35.1 Å². The van der Waals surface area contributed by atoms with Crippen molar-refractivity contribution in [3.05, 3.63) is 22.7 Å². The van der Waals surface area contributed by atoms with Crippen LogP contribution >= 0.6 is 11.3 Å². The summed E-state index contributed by atoms with van der Waals surface area (Å²) in [6.07, 6.45) is -11.7. The van der Waals surface area contributed by atoms with Crippen LogP contribution in [0.2, 0.25) is 0 Å². The van der Waals surface area contributed by atoms with Crippen LogP contribution in [-0.2, 0) is 30.7 Å². The molecule has 1 aliphatic rings. The third-order valence-electron chi connectivity index (χ3n) is 5.52. The van der Waals surface area contributed by atoms with Crippen molar-refractivity contribution in [1.82, 2.24) is 10.2 Å². The number of anilines is 2. The van der Waals surface area contributed by atoms with Crippen molar-refractivity contribution >= 4 is 49.5 Å². The molecule has 0 amide bonds. The summed E-state index contributed by atoms with van der Waals surface area (Å²) in [6, 6.07) is 2.56. The monoisotopic (exact) mass is 638 g/mol. The minimum atomic E-state index is -6.18. The van der Waals surface area contributed by atoms with Crippen LogP contribution < -0.4 is 9.62 Å². The van der Waals surface area contributed by atoms with E-state index in [0.29, 0.717) is 30.5 Å². The SMILES string of the molecule is CCC(OC)N1c2cc(NS(=O)(=O)C(F)F)c(N=Nc3nnc(C(=O)OC(F)(F)C(F)(F)F)s3)cc2CCC1OC. The zero-order valence-electron chi connectivity index (χ0n) is 21.2. The van der Waals surface area contributed by atoms with Gasteiger partial charge in [-0.15, -0.1) is 20.4 Å². The second-order valence-electron chi connectivity index (χ2n) is 8.13. The van der Waals surface area contributed by atoms with Crippen LogP contribution in [0.3, 0.4) is 0 Å². The van der Waals surface area contributed by atoms with Crippen LogP contribution in [0.4, 0.5) is 52.9 Å². The van der Waals surface area contributed by atoms with Gasteiger partial charge in [-0.2, -0.15) is 30.7 Å². The molecule has 1 aromatic carbocycles. The number of sulfonamides is 1. The lowest BCUT2D eigenvalue weighted by Gasteiger charge is -2.42. The van der Waals surface area contributed by atoms with Gasteiger partial charge in [0.1, 0.15) is 18.1 Å². The van der Waals surface area contributed by atoms with Crippen molar-refractivity contribution in [3.8, 4) is 0 Å². The van der Waals surface area contributed by atoms with Crippen LogP contribution in [0.15, 0.2) is 22.4 Å². The number of hydrogen-bond donors (Lipinski definition) is 1. The van der Waals surface area contributed by atoms with E-state index in [1.165, 1.54) is 26.4 Å². The Hall–Kier alpha value is -3.17. The van der Waals surface area contributed by atoms with E-state index in [9.17, 15) is 43.9 Å². The number of nitrogens with zero attached hydrogens (tertiary/aromatic N) is 5. The molecule has 2 heterocycles. The van der Waals surface area contributed by atoms with Crippen LogP contribution in [-0.4, -0.2) is 69.3 Å². The highest BCUT2D eigenvalue weighted by Gasteiger charge is 2.62. The summed E-state index contributed by atoms with van der Waals surface area (Å²) in [5.74, 6) is -5.97. The van der Waals surface area contributed by atoms with Gasteiger partial charge in [0, 0.05) is 19.9 Å². The molecule has 2 atom stereocenters. The van der Waals surface area contributed by atoms with Gasteiger partial charge in [-0.3, -0.25) is 4.72 Å². The molecule has 1 N–H and O–H groups in total. The molecule has 228 valence electrons. The Bertz CT molecular complexity index is 1390. The molecular weight excluding hydrogens is 617 g/mol.